The molecule has 0 radical (unpaired) electrons. The Morgan fingerprint density at radius 1 is 1.28 bits per heavy atom. The number of carbonyl (C=O) groups is 2. The summed E-state index contributed by atoms with van der Waals surface area (Å²) in [5.74, 6) is -0.133. The van der Waals surface area contributed by atoms with Gasteiger partial charge in [0.2, 0.25) is 0 Å². The molecule has 8 nitrogen and oxygen atoms in total. The normalized spacial score (nSPS) is 12.7. The third-order valence-corrected chi connectivity index (χ3v) is 5.09. The number of hydrogen-bond acceptors (Lipinski definition) is 6. The van der Waals surface area contributed by atoms with Gasteiger partial charge >= 0.3 is 5.97 Å². The van der Waals surface area contributed by atoms with E-state index in [-0.39, 0.29) is 5.97 Å². The van der Waals surface area contributed by atoms with Crippen LogP contribution in [0.4, 0.5) is 0 Å². The molecule has 4 rings (SSSR count). The van der Waals surface area contributed by atoms with Crippen LogP contribution in [0, 0.1) is 6.92 Å². The van der Waals surface area contributed by atoms with Crippen molar-refractivity contribution in [3.8, 4) is 5.82 Å². The van der Waals surface area contributed by atoms with Gasteiger partial charge in [0.05, 0.1) is 17.3 Å². The minimum absolute atomic E-state index is 0.232. The second-order valence-corrected chi connectivity index (χ2v) is 6.94. The maximum atomic E-state index is 11.6. The van der Waals surface area contributed by atoms with Crippen LogP contribution in [0.2, 0.25) is 0 Å². The van der Waals surface area contributed by atoms with E-state index >= 15 is 0 Å². The number of ether oxygens (including phenoxy) is 1. The van der Waals surface area contributed by atoms with Gasteiger partial charge in [-0.25, -0.2) is 14.5 Å². The fraction of sp³-hybridized carbons (Fsp3) is 0.238. The lowest BCUT2D eigenvalue weighted by molar-refractivity contribution is 0.0534. The number of fused-ring (bicyclic) bond motifs is 1. The van der Waals surface area contributed by atoms with Gasteiger partial charge in [-0.2, -0.15) is 5.10 Å². The number of carbonyl (C=O) groups excluding carboxylic acids is 2. The zero-order valence-electron chi connectivity index (χ0n) is 16.0. The number of hydrogen-bond donors (Lipinski definition) is 2. The van der Waals surface area contributed by atoms with E-state index in [1.807, 2.05) is 31.2 Å². The molecule has 8 heteroatoms. The average molecular weight is 391 g/mol. The van der Waals surface area contributed by atoms with Gasteiger partial charge in [0.1, 0.15) is 6.61 Å². The second-order valence-electron chi connectivity index (χ2n) is 6.94. The monoisotopic (exact) mass is 391 g/mol. The Balaban J connectivity index is 1.31. The van der Waals surface area contributed by atoms with Gasteiger partial charge in [-0.15, -0.1) is 0 Å². The van der Waals surface area contributed by atoms with Crippen molar-refractivity contribution in [2.24, 2.45) is 5.73 Å². The quantitative estimate of drug-likeness (QED) is 0.468. The molecule has 2 aromatic heterocycles. The predicted octanol–water partition coefficient (Wildman–Crippen LogP) is 1.68. The molecule has 1 amide bonds. The summed E-state index contributed by atoms with van der Waals surface area (Å²) in [4.78, 5) is 27.2. The molecule has 0 saturated carbocycles. The highest BCUT2D eigenvalue weighted by Crippen LogP contribution is 2.26. The van der Waals surface area contributed by atoms with Gasteiger partial charge in [0.15, 0.2) is 5.82 Å². The van der Waals surface area contributed by atoms with Crippen molar-refractivity contribution in [2.45, 2.75) is 26.5 Å². The molecule has 3 aromatic rings. The Morgan fingerprint density at radius 2 is 2.14 bits per heavy atom. The summed E-state index contributed by atoms with van der Waals surface area (Å²) >= 11 is 0. The average Bonchev–Trinajstić information content (AvgIpc) is 3.35. The van der Waals surface area contributed by atoms with Crippen LogP contribution in [0.25, 0.3) is 5.82 Å². The molecule has 1 aromatic carbocycles. The number of esters is 1. The maximum absolute atomic E-state index is 11.6. The summed E-state index contributed by atoms with van der Waals surface area (Å²) in [6, 6.07) is 7.67. The minimum atomic E-state index is -0.519. The molecule has 1 aliphatic rings. The van der Waals surface area contributed by atoms with Gasteiger partial charge in [-0.3, -0.25) is 4.79 Å². The van der Waals surface area contributed by atoms with Gasteiger partial charge in [-0.05, 0) is 48.7 Å². The maximum Gasteiger partial charge on any atom is 0.338 e. The van der Waals surface area contributed by atoms with Crippen molar-refractivity contribution in [2.75, 3.05) is 6.54 Å². The SMILES string of the molecule is Cc1c(CCNCc2ccc(-n3cc(C(N)=O)cn3)nc2)ccc2c1COC2=O. The molecule has 148 valence electrons. The van der Waals surface area contributed by atoms with Crippen molar-refractivity contribution < 1.29 is 14.3 Å². The molecular formula is C21H21N5O3. The van der Waals surface area contributed by atoms with E-state index in [9.17, 15) is 9.59 Å². The van der Waals surface area contributed by atoms with Crippen LogP contribution in [0.3, 0.4) is 0 Å². The lowest BCUT2D eigenvalue weighted by Gasteiger charge is -2.10. The van der Waals surface area contributed by atoms with Crippen molar-refractivity contribution in [3.05, 3.63) is 76.2 Å². The van der Waals surface area contributed by atoms with E-state index in [1.165, 1.54) is 16.4 Å². The number of cyclic esters (lactones) is 1. The Hall–Kier alpha value is -3.52. The number of rotatable bonds is 7. The summed E-state index contributed by atoms with van der Waals surface area (Å²) in [5, 5.41) is 7.50. The highest BCUT2D eigenvalue weighted by molar-refractivity contribution is 5.94. The van der Waals surface area contributed by atoms with E-state index in [2.05, 4.69) is 15.4 Å². The molecule has 0 unspecified atom stereocenters. The molecule has 3 N–H and O–H groups in total. The Kier molecular flexibility index (Phi) is 5.09. The lowest BCUT2D eigenvalue weighted by atomic mass is 9.97. The molecule has 0 bridgehead atoms. The highest BCUT2D eigenvalue weighted by Gasteiger charge is 2.23. The number of primary amides is 1. The fourth-order valence-corrected chi connectivity index (χ4v) is 3.36. The standard InChI is InChI=1S/C21H21N5O3/c1-13-15(3-4-17-18(13)12-29-21(17)28)6-7-23-8-14-2-5-19(24-9-14)26-11-16(10-25-26)20(22)27/h2-5,9-11,23H,6-8,12H2,1H3,(H2,22,27). The van der Waals surface area contributed by atoms with E-state index in [0.29, 0.717) is 30.1 Å². The molecule has 1 aliphatic heterocycles. The molecule has 0 saturated heterocycles. The van der Waals surface area contributed by atoms with E-state index in [1.54, 1.807) is 12.4 Å². The first-order chi connectivity index (χ1) is 14.0. The van der Waals surface area contributed by atoms with Gasteiger partial charge in [0.25, 0.3) is 5.91 Å². The second kappa shape index (κ2) is 7.84. The summed E-state index contributed by atoms with van der Waals surface area (Å²) in [5.41, 5.74) is 10.7. The Labute approximate surface area is 167 Å². The van der Waals surface area contributed by atoms with Crippen LogP contribution in [0.1, 0.15) is 43.0 Å². The third-order valence-electron chi connectivity index (χ3n) is 5.09. The van der Waals surface area contributed by atoms with Gasteiger partial charge in [0, 0.05) is 24.5 Å². The van der Waals surface area contributed by atoms with Crippen LogP contribution in [0.5, 0.6) is 0 Å². The van der Waals surface area contributed by atoms with Crippen LogP contribution in [-0.2, 0) is 24.3 Å². The number of nitrogens with zero attached hydrogens (tertiary/aromatic N) is 3. The molecule has 0 atom stereocenters. The Bertz CT molecular complexity index is 1070. The van der Waals surface area contributed by atoms with Crippen LogP contribution in [-0.4, -0.2) is 33.2 Å². The molecule has 0 spiro atoms. The number of amides is 1. The van der Waals surface area contributed by atoms with Crippen LogP contribution in [0.15, 0.2) is 42.9 Å². The van der Waals surface area contributed by atoms with Gasteiger partial charge in [-0.1, -0.05) is 12.1 Å². The highest BCUT2D eigenvalue weighted by atomic mass is 16.5. The zero-order valence-corrected chi connectivity index (χ0v) is 16.0. The summed E-state index contributed by atoms with van der Waals surface area (Å²) in [6.45, 7) is 3.90. The molecule has 29 heavy (non-hydrogen) atoms. The van der Waals surface area contributed by atoms with Crippen molar-refractivity contribution in [1.29, 1.82) is 0 Å². The number of nitrogens with two attached hydrogens (primary N) is 1. The van der Waals surface area contributed by atoms with Crippen molar-refractivity contribution >= 4 is 11.9 Å². The predicted molar refractivity (Wildman–Crippen MR) is 106 cm³/mol. The number of aromatic nitrogens is 3. The first-order valence-electron chi connectivity index (χ1n) is 9.32. The van der Waals surface area contributed by atoms with Crippen molar-refractivity contribution in [3.63, 3.8) is 0 Å². The van der Waals surface area contributed by atoms with Crippen LogP contribution >= 0.6 is 0 Å². The topological polar surface area (TPSA) is 112 Å². The lowest BCUT2D eigenvalue weighted by Crippen LogP contribution is -2.17. The summed E-state index contributed by atoms with van der Waals surface area (Å²) in [6.07, 6.45) is 5.61. The molecule has 0 aliphatic carbocycles. The first-order valence-corrected chi connectivity index (χ1v) is 9.32. The third kappa shape index (κ3) is 3.88. The van der Waals surface area contributed by atoms with E-state index in [4.69, 9.17) is 10.5 Å². The summed E-state index contributed by atoms with van der Waals surface area (Å²) in [7, 11) is 0. The van der Waals surface area contributed by atoms with E-state index < -0.39 is 5.91 Å². The van der Waals surface area contributed by atoms with Crippen molar-refractivity contribution in [1.82, 2.24) is 20.1 Å². The van der Waals surface area contributed by atoms with Crippen LogP contribution < -0.4 is 11.1 Å². The number of nitrogens with one attached hydrogen (secondary N) is 1. The zero-order chi connectivity index (χ0) is 20.4. The molecule has 3 heterocycles. The number of pyridine rings is 1. The molecular weight excluding hydrogens is 370 g/mol. The van der Waals surface area contributed by atoms with Gasteiger partial charge < -0.3 is 15.8 Å². The Morgan fingerprint density at radius 3 is 2.86 bits per heavy atom. The smallest absolute Gasteiger partial charge is 0.338 e. The molecule has 0 fully saturated rings. The van der Waals surface area contributed by atoms with E-state index in [0.717, 1.165) is 29.7 Å². The fourth-order valence-electron chi connectivity index (χ4n) is 3.36. The first kappa shape index (κ1) is 18.8. The minimum Gasteiger partial charge on any atom is -0.457 e. The summed E-state index contributed by atoms with van der Waals surface area (Å²) < 4.78 is 6.62. The number of benzene rings is 1. The largest absolute Gasteiger partial charge is 0.457 e.